The lowest BCUT2D eigenvalue weighted by molar-refractivity contribution is 1.06. The van der Waals surface area contributed by atoms with Gasteiger partial charge in [-0.3, -0.25) is 4.98 Å². The van der Waals surface area contributed by atoms with Crippen LogP contribution in [0.1, 0.15) is 5.56 Å². The maximum absolute atomic E-state index is 9.68. The average molecular weight is 577 g/mol. The number of hydrogen-bond donors (Lipinski definition) is 0. The number of rotatable bonds is 5. The van der Waals surface area contributed by atoms with E-state index in [1.807, 2.05) is 109 Å². The van der Waals surface area contributed by atoms with Gasteiger partial charge >= 0.3 is 0 Å². The fourth-order valence-corrected chi connectivity index (χ4v) is 5.83. The summed E-state index contributed by atoms with van der Waals surface area (Å²) in [6.45, 7) is 0. The first-order valence-electron chi connectivity index (χ1n) is 14.6. The minimum Gasteiger partial charge on any atom is -0.308 e. The van der Waals surface area contributed by atoms with Gasteiger partial charge in [0.05, 0.1) is 34.0 Å². The van der Waals surface area contributed by atoms with E-state index in [4.69, 9.17) is 15.0 Å². The summed E-state index contributed by atoms with van der Waals surface area (Å²) in [5, 5.41) is 11.8. The maximum Gasteiger partial charge on any atom is 0.166 e. The number of fused-ring (bicyclic) bond motifs is 3. The Morgan fingerprint density at radius 2 is 1.16 bits per heavy atom. The molecule has 0 aliphatic heterocycles. The first kappa shape index (κ1) is 26.2. The summed E-state index contributed by atoms with van der Waals surface area (Å²) in [7, 11) is 0. The number of aromatic nitrogens is 5. The maximum atomic E-state index is 9.68. The van der Waals surface area contributed by atoms with Crippen molar-refractivity contribution in [2.45, 2.75) is 0 Å². The van der Waals surface area contributed by atoms with Crippen LogP contribution in [0, 0.1) is 11.3 Å². The van der Waals surface area contributed by atoms with E-state index in [9.17, 15) is 5.26 Å². The second kappa shape index (κ2) is 11.0. The largest absolute Gasteiger partial charge is 0.308 e. The van der Waals surface area contributed by atoms with E-state index >= 15 is 0 Å². The van der Waals surface area contributed by atoms with Gasteiger partial charge in [-0.25, -0.2) is 15.0 Å². The van der Waals surface area contributed by atoms with Crippen LogP contribution in [0.4, 0.5) is 0 Å². The molecule has 0 atom stereocenters. The van der Waals surface area contributed by atoms with E-state index in [1.165, 1.54) is 0 Å². The molecule has 0 aliphatic rings. The van der Waals surface area contributed by atoms with Gasteiger partial charge < -0.3 is 4.57 Å². The number of benzene rings is 5. The Labute approximate surface area is 259 Å². The Bertz CT molecular complexity index is 2320. The van der Waals surface area contributed by atoms with Crippen molar-refractivity contribution in [2.75, 3.05) is 0 Å². The predicted octanol–water partition coefficient (Wildman–Crippen LogP) is 8.90. The topological polar surface area (TPSA) is 80.3 Å². The molecule has 0 fully saturated rings. The van der Waals surface area contributed by atoms with Crippen LogP contribution in [0.15, 0.2) is 146 Å². The molecule has 5 aromatic carbocycles. The zero-order valence-electron chi connectivity index (χ0n) is 24.0. The number of nitriles is 1. The molecule has 0 radical (unpaired) electrons. The molecule has 8 rings (SSSR count). The molecule has 0 amide bonds. The molecule has 0 unspecified atom stereocenters. The molecule has 45 heavy (non-hydrogen) atoms. The van der Waals surface area contributed by atoms with Gasteiger partial charge in [-0.05, 0) is 48.5 Å². The average Bonchev–Trinajstić information content (AvgIpc) is 3.45. The highest BCUT2D eigenvalue weighted by Crippen LogP contribution is 2.38. The monoisotopic (exact) mass is 576 g/mol. The molecule has 0 saturated heterocycles. The van der Waals surface area contributed by atoms with Gasteiger partial charge in [0.25, 0.3) is 0 Å². The lowest BCUT2D eigenvalue weighted by Gasteiger charge is -2.16. The van der Waals surface area contributed by atoms with Gasteiger partial charge in [-0.2, -0.15) is 5.26 Å². The molecule has 6 nitrogen and oxygen atoms in total. The normalized spacial score (nSPS) is 11.1. The summed E-state index contributed by atoms with van der Waals surface area (Å²) >= 11 is 0. The van der Waals surface area contributed by atoms with Crippen LogP contribution in [-0.2, 0) is 0 Å². The Morgan fingerprint density at radius 1 is 0.511 bits per heavy atom. The first-order chi connectivity index (χ1) is 22.3. The number of hydrogen-bond acceptors (Lipinski definition) is 5. The van der Waals surface area contributed by atoms with E-state index < -0.39 is 0 Å². The summed E-state index contributed by atoms with van der Waals surface area (Å²) in [4.78, 5) is 19.7. The van der Waals surface area contributed by atoms with Crippen molar-refractivity contribution in [3.63, 3.8) is 0 Å². The van der Waals surface area contributed by atoms with E-state index in [2.05, 4.69) is 46.0 Å². The molecule has 0 N–H and O–H groups in total. The van der Waals surface area contributed by atoms with Gasteiger partial charge in [0.2, 0.25) is 0 Å². The Morgan fingerprint density at radius 3 is 1.84 bits per heavy atom. The van der Waals surface area contributed by atoms with Crippen molar-refractivity contribution >= 4 is 21.8 Å². The third kappa shape index (κ3) is 4.69. The molecule has 6 heteroatoms. The summed E-state index contributed by atoms with van der Waals surface area (Å²) in [6.07, 6.45) is 1.80. The minimum atomic E-state index is 0.551. The fraction of sp³-hybridized carbons (Fsp3) is 0. The molecule has 0 bridgehead atoms. The van der Waals surface area contributed by atoms with Crippen molar-refractivity contribution in [3.8, 4) is 57.2 Å². The number of para-hydroxylation sites is 1. The predicted molar refractivity (Wildman–Crippen MR) is 178 cm³/mol. The third-order valence-electron chi connectivity index (χ3n) is 7.94. The van der Waals surface area contributed by atoms with E-state index in [-0.39, 0.29) is 0 Å². The smallest absolute Gasteiger partial charge is 0.166 e. The quantitative estimate of drug-likeness (QED) is 0.204. The Kier molecular flexibility index (Phi) is 6.40. The van der Waals surface area contributed by atoms with Crippen LogP contribution < -0.4 is 0 Å². The highest BCUT2D eigenvalue weighted by Gasteiger charge is 2.20. The summed E-state index contributed by atoms with van der Waals surface area (Å²) in [5.41, 5.74) is 7.99. The van der Waals surface area contributed by atoms with E-state index in [1.54, 1.807) is 6.20 Å². The van der Waals surface area contributed by atoms with Gasteiger partial charge in [0, 0.05) is 39.2 Å². The molecule has 0 aliphatic carbocycles. The number of nitrogens with zero attached hydrogens (tertiary/aromatic N) is 6. The van der Waals surface area contributed by atoms with Crippen molar-refractivity contribution in [1.29, 1.82) is 5.26 Å². The van der Waals surface area contributed by atoms with Crippen molar-refractivity contribution in [2.24, 2.45) is 0 Å². The molecular weight excluding hydrogens is 552 g/mol. The van der Waals surface area contributed by atoms with E-state index in [0.29, 0.717) is 23.0 Å². The molecule has 210 valence electrons. The van der Waals surface area contributed by atoms with Gasteiger partial charge in [0.1, 0.15) is 0 Å². The van der Waals surface area contributed by atoms with Crippen molar-refractivity contribution < 1.29 is 0 Å². The first-order valence-corrected chi connectivity index (χ1v) is 14.6. The van der Waals surface area contributed by atoms with Crippen LogP contribution in [0.3, 0.4) is 0 Å². The summed E-state index contributed by atoms with van der Waals surface area (Å²) in [5.74, 6) is 1.74. The minimum absolute atomic E-state index is 0.551. The van der Waals surface area contributed by atoms with Crippen molar-refractivity contribution in [1.82, 2.24) is 24.5 Å². The molecule has 3 aromatic heterocycles. The molecule has 0 spiro atoms. The zero-order valence-corrected chi connectivity index (χ0v) is 24.0. The standard InChI is InChI=1S/C39H24N6/c40-25-26-18-20-35-31(23-26)30-15-7-8-17-34(30)45(35)36-21-19-29(33-16-9-10-22-41-33)24-32(36)39-43-37(27-11-3-1-4-12-27)42-38(44-39)28-13-5-2-6-14-28/h1-24H. The second-order valence-corrected chi connectivity index (χ2v) is 10.7. The van der Waals surface area contributed by atoms with Crippen molar-refractivity contribution in [3.05, 3.63) is 151 Å². The summed E-state index contributed by atoms with van der Waals surface area (Å²) in [6, 6.07) is 48.6. The Hall–Kier alpha value is -6.45. The Balaban J connectivity index is 1.46. The molecular formula is C39H24N6. The van der Waals surface area contributed by atoms with Crippen LogP contribution in [0.5, 0.6) is 0 Å². The lowest BCUT2D eigenvalue weighted by Crippen LogP contribution is -2.04. The molecule has 3 heterocycles. The fourth-order valence-electron chi connectivity index (χ4n) is 5.83. The van der Waals surface area contributed by atoms with Gasteiger partial charge in [-0.15, -0.1) is 0 Å². The van der Waals surface area contributed by atoms with Crippen LogP contribution in [0.25, 0.3) is 72.9 Å². The second-order valence-electron chi connectivity index (χ2n) is 10.7. The number of pyridine rings is 1. The lowest BCUT2D eigenvalue weighted by atomic mass is 10.0. The van der Waals surface area contributed by atoms with Crippen LogP contribution >= 0.6 is 0 Å². The highest BCUT2D eigenvalue weighted by atomic mass is 15.1. The summed E-state index contributed by atoms with van der Waals surface area (Å²) < 4.78 is 2.23. The molecule has 8 aromatic rings. The van der Waals surface area contributed by atoms with E-state index in [0.717, 1.165) is 55.4 Å². The van der Waals surface area contributed by atoms with Gasteiger partial charge in [-0.1, -0.05) is 91.0 Å². The van der Waals surface area contributed by atoms with Gasteiger partial charge in [0.15, 0.2) is 17.5 Å². The SMILES string of the molecule is N#Cc1ccc2c(c1)c1ccccc1n2-c1ccc(-c2ccccn2)cc1-c1nc(-c2ccccc2)nc(-c2ccccc2)n1. The van der Waals surface area contributed by atoms with Crippen LogP contribution in [-0.4, -0.2) is 24.5 Å². The highest BCUT2D eigenvalue weighted by molar-refractivity contribution is 6.10. The van der Waals surface area contributed by atoms with Crippen LogP contribution in [0.2, 0.25) is 0 Å². The zero-order chi connectivity index (χ0) is 30.2. The third-order valence-corrected chi connectivity index (χ3v) is 7.94. The molecule has 0 saturated carbocycles.